The van der Waals surface area contributed by atoms with Gasteiger partial charge in [-0.1, -0.05) is 64.3 Å². The normalized spacial score (nSPS) is 12.8. The zero-order valence-corrected chi connectivity index (χ0v) is 21.7. The molecule has 2 amide bonds. The van der Waals surface area contributed by atoms with E-state index in [1.807, 2.05) is 44.2 Å². The predicted molar refractivity (Wildman–Crippen MR) is 135 cm³/mol. The molecule has 0 saturated heterocycles. The van der Waals surface area contributed by atoms with Gasteiger partial charge in [0, 0.05) is 32.9 Å². The monoisotopic (exact) mass is 544 g/mol. The highest BCUT2D eigenvalue weighted by molar-refractivity contribution is 9.10. The van der Waals surface area contributed by atoms with Crippen LogP contribution in [0.15, 0.2) is 46.9 Å². The second-order valence-electron chi connectivity index (χ2n) is 7.37. The average Bonchev–Trinajstić information content (AvgIpc) is 2.72. The Kier molecular flexibility index (Phi) is 10.7. The first-order chi connectivity index (χ1) is 14.7. The van der Waals surface area contributed by atoms with E-state index in [0.717, 1.165) is 22.0 Å². The Labute approximate surface area is 207 Å². The summed E-state index contributed by atoms with van der Waals surface area (Å²) in [5.74, 6) is 0.582. The van der Waals surface area contributed by atoms with Gasteiger partial charge >= 0.3 is 0 Å². The largest absolute Gasteiger partial charge is 0.352 e. The lowest BCUT2D eigenvalue weighted by molar-refractivity contribution is -0.138. The van der Waals surface area contributed by atoms with Gasteiger partial charge in [0.15, 0.2) is 0 Å². The van der Waals surface area contributed by atoms with Crippen molar-refractivity contribution < 1.29 is 9.59 Å². The molecule has 0 aromatic heterocycles. The second-order valence-corrected chi connectivity index (χ2v) is 10.1. The van der Waals surface area contributed by atoms with Crippen LogP contribution in [0.1, 0.15) is 38.3 Å². The van der Waals surface area contributed by atoms with Gasteiger partial charge in [0.2, 0.25) is 11.8 Å². The van der Waals surface area contributed by atoms with Crippen LogP contribution in [0.2, 0.25) is 10.0 Å². The van der Waals surface area contributed by atoms with Gasteiger partial charge < -0.3 is 10.2 Å². The van der Waals surface area contributed by atoms with Crippen LogP contribution in [0.25, 0.3) is 0 Å². The molecule has 0 heterocycles. The van der Waals surface area contributed by atoms with Gasteiger partial charge in [0.1, 0.15) is 6.04 Å². The number of nitrogens with one attached hydrogen (secondary N) is 1. The molecule has 2 rings (SSSR count). The maximum atomic E-state index is 13.1. The highest BCUT2D eigenvalue weighted by Crippen LogP contribution is 2.25. The molecular weight excluding hydrogens is 519 g/mol. The summed E-state index contributed by atoms with van der Waals surface area (Å²) < 4.78 is 0.931. The SMILES string of the molecule is CC[C@@H](C)NC(=O)[C@@H](C)N(Cc1cccc(Br)c1)C(=O)CSCc1ccc(Cl)cc1Cl. The van der Waals surface area contributed by atoms with Crippen LogP contribution in [0.4, 0.5) is 0 Å². The van der Waals surface area contributed by atoms with E-state index >= 15 is 0 Å². The molecule has 1 N–H and O–H groups in total. The fraction of sp³-hybridized carbons (Fsp3) is 0.391. The van der Waals surface area contributed by atoms with Crippen LogP contribution >= 0.6 is 50.9 Å². The molecule has 2 aromatic carbocycles. The summed E-state index contributed by atoms with van der Waals surface area (Å²) in [6.45, 7) is 6.10. The molecule has 0 radical (unpaired) electrons. The number of benzene rings is 2. The number of hydrogen-bond acceptors (Lipinski definition) is 3. The van der Waals surface area contributed by atoms with Crippen molar-refractivity contribution in [2.24, 2.45) is 0 Å². The lowest BCUT2D eigenvalue weighted by Crippen LogP contribution is -2.50. The van der Waals surface area contributed by atoms with Crippen molar-refractivity contribution in [3.63, 3.8) is 0 Å². The van der Waals surface area contributed by atoms with Crippen LogP contribution in [0.3, 0.4) is 0 Å². The summed E-state index contributed by atoms with van der Waals surface area (Å²) in [7, 11) is 0. The Balaban J connectivity index is 2.10. The Hall–Kier alpha value is -1.21. The molecule has 0 bridgehead atoms. The molecule has 0 aliphatic heterocycles. The van der Waals surface area contributed by atoms with E-state index in [1.165, 1.54) is 11.8 Å². The minimum absolute atomic E-state index is 0.0548. The van der Waals surface area contributed by atoms with Crippen molar-refractivity contribution in [1.29, 1.82) is 0 Å². The van der Waals surface area contributed by atoms with Crippen molar-refractivity contribution in [3.8, 4) is 0 Å². The molecular formula is C23H27BrCl2N2O2S. The van der Waals surface area contributed by atoms with Crippen LogP contribution in [-0.4, -0.2) is 34.6 Å². The predicted octanol–water partition coefficient (Wildman–Crippen LogP) is 6.32. The molecule has 0 spiro atoms. The van der Waals surface area contributed by atoms with E-state index in [4.69, 9.17) is 23.2 Å². The molecule has 31 heavy (non-hydrogen) atoms. The van der Waals surface area contributed by atoms with Gasteiger partial charge in [-0.2, -0.15) is 0 Å². The van der Waals surface area contributed by atoms with Crippen molar-refractivity contribution >= 4 is 62.7 Å². The number of carbonyl (C=O) groups excluding carboxylic acids is 2. The van der Waals surface area contributed by atoms with Gasteiger partial charge in [-0.25, -0.2) is 0 Å². The van der Waals surface area contributed by atoms with E-state index in [2.05, 4.69) is 21.2 Å². The Bertz CT molecular complexity index is 913. The van der Waals surface area contributed by atoms with Crippen molar-refractivity contribution in [2.75, 3.05) is 5.75 Å². The number of halogens is 3. The van der Waals surface area contributed by atoms with Crippen LogP contribution < -0.4 is 5.32 Å². The van der Waals surface area contributed by atoms with Crippen LogP contribution in [0, 0.1) is 0 Å². The number of hydrogen-bond donors (Lipinski definition) is 1. The fourth-order valence-electron chi connectivity index (χ4n) is 2.85. The van der Waals surface area contributed by atoms with Crippen molar-refractivity contribution in [2.45, 2.75) is 51.6 Å². The third kappa shape index (κ3) is 8.33. The smallest absolute Gasteiger partial charge is 0.242 e. The summed E-state index contributed by atoms with van der Waals surface area (Å²) in [6.07, 6.45) is 0.829. The molecule has 0 saturated carbocycles. The Morgan fingerprint density at radius 1 is 1.16 bits per heavy atom. The maximum Gasteiger partial charge on any atom is 0.242 e. The number of nitrogens with zero attached hydrogens (tertiary/aromatic N) is 1. The summed E-state index contributed by atoms with van der Waals surface area (Å²) in [6, 6.07) is 12.6. The van der Waals surface area contributed by atoms with Gasteiger partial charge in [-0.15, -0.1) is 11.8 Å². The Morgan fingerprint density at radius 2 is 1.90 bits per heavy atom. The number of rotatable bonds is 10. The zero-order valence-electron chi connectivity index (χ0n) is 17.8. The van der Waals surface area contributed by atoms with E-state index in [0.29, 0.717) is 22.3 Å². The quantitative estimate of drug-likeness (QED) is 0.380. The first-order valence-corrected chi connectivity index (χ1v) is 12.8. The van der Waals surface area contributed by atoms with Crippen LogP contribution in [0.5, 0.6) is 0 Å². The molecule has 0 aliphatic carbocycles. The average molecular weight is 546 g/mol. The summed E-state index contributed by atoms with van der Waals surface area (Å²) >= 11 is 17.1. The van der Waals surface area contributed by atoms with Gasteiger partial charge in [-0.3, -0.25) is 9.59 Å². The van der Waals surface area contributed by atoms with Gasteiger partial charge in [0.05, 0.1) is 5.75 Å². The minimum atomic E-state index is -0.583. The third-order valence-corrected chi connectivity index (χ3v) is 6.95. The number of carbonyl (C=O) groups is 2. The van der Waals surface area contributed by atoms with Crippen LogP contribution in [-0.2, 0) is 21.9 Å². The highest BCUT2D eigenvalue weighted by atomic mass is 79.9. The molecule has 4 nitrogen and oxygen atoms in total. The molecule has 8 heteroatoms. The van der Waals surface area contributed by atoms with Crippen molar-refractivity contribution in [1.82, 2.24) is 10.2 Å². The molecule has 168 valence electrons. The van der Waals surface area contributed by atoms with Gasteiger partial charge in [-0.05, 0) is 55.7 Å². The molecule has 2 aromatic rings. The first-order valence-electron chi connectivity index (χ1n) is 10.1. The number of amides is 2. The van der Waals surface area contributed by atoms with Crippen molar-refractivity contribution in [3.05, 3.63) is 68.1 Å². The standard InChI is InChI=1S/C23H27BrCl2N2O2S/c1-4-15(2)27-23(30)16(3)28(12-17-6-5-7-19(24)10-17)22(29)14-31-13-18-8-9-20(25)11-21(18)26/h5-11,15-16H,4,12-14H2,1-3H3,(H,27,30)/t15-,16-/m1/s1. The molecule has 2 atom stereocenters. The Morgan fingerprint density at radius 3 is 2.55 bits per heavy atom. The topological polar surface area (TPSA) is 49.4 Å². The zero-order chi connectivity index (χ0) is 23.0. The van der Waals surface area contributed by atoms with E-state index in [-0.39, 0.29) is 23.6 Å². The first kappa shape index (κ1) is 26.0. The second kappa shape index (κ2) is 12.7. The molecule has 0 unspecified atom stereocenters. The minimum Gasteiger partial charge on any atom is -0.352 e. The molecule has 0 fully saturated rings. The van der Waals surface area contributed by atoms with E-state index < -0.39 is 6.04 Å². The van der Waals surface area contributed by atoms with Gasteiger partial charge in [0.25, 0.3) is 0 Å². The van der Waals surface area contributed by atoms with E-state index in [1.54, 1.807) is 24.0 Å². The maximum absolute atomic E-state index is 13.1. The highest BCUT2D eigenvalue weighted by Gasteiger charge is 2.26. The fourth-order valence-corrected chi connectivity index (χ4v) is 4.77. The lowest BCUT2D eigenvalue weighted by atomic mass is 10.1. The third-order valence-electron chi connectivity index (χ3n) is 4.91. The summed E-state index contributed by atoms with van der Waals surface area (Å²) in [4.78, 5) is 27.5. The summed E-state index contributed by atoms with van der Waals surface area (Å²) in [5.41, 5.74) is 1.88. The lowest BCUT2D eigenvalue weighted by Gasteiger charge is -2.29. The number of thioether (sulfide) groups is 1. The molecule has 0 aliphatic rings. The summed E-state index contributed by atoms with van der Waals surface area (Å²) in [5, 5.41) is 4.14. The van der Waals surface area contributed by atoms with E-state index in [9.17, 15) is 9.59 Å².